The molecule has 0 atom stereocenters. The Morgan fingerprint density at radius 1 is 1.33 bits per heavy atom. The number of hydrogen-bond donors (Lipinski definition) is 2. The van der Waals surface area contributed by atoms with Crippen molar-refractivity contribution in [1.82, 2.24) is 20.4 Å². The topological polar surface area (TPSA) is 51.1 Å². The van der Waals surface area contributed by atoms with Crippen molar-refractivity contribution in [3.8, 4) is 0 Å². The number of nitrogens with one attached hydrogen (secondary N) is 2. The third-order valence-corrected chi connectivity index (χ3v) is 4.03. The predicted octanol–water partition coefficient (Wildman–Crippen LogP) is 2.67. The Morgan fingerprint density at radius 3 is 2.58 bits per heavy atom. The van der Waals surface area contributed by atoms with E-state index >= 15 is 0 Å². The van der Waals surface area contributed by atoms with E-state index in [0.29, 0.717) is 36.9 Å². The van der Waals surface area contributed by atoms with Crippen LogP contribution in [0.1, 0.15) is 43.0 Å². The van der Waals surface area contributed by atoms with E-state index in [9.17, 15) is 13.2 Å². The Hall–Kier alpha value is -1.35. The number of halogens is 3. The lowest BCUT2D eigenvalue weighted by molar-refractivity contribution is -0.141. The first-order chi connectivity index (χ1) is 11.4. The molecule has 0 unspecified atom stereocenters. The molecule has 1 saturated carbocycles. The fraction of sp³-hybridized carbons (Fsp3) is 0.733. The number of alkyl halides is 3. The van der Waals surface area contributed by atoms with Crippen LogP contribution in [0, 0.1) is 0 Å². The molecular formula is C15H23F3N4OS. The van der Waals surface area contributed by atoms with Crippen LogP contribution in [0.5, 0.6) is 0 Å². The molecule has 0 spiro atoms. The lowest BCUT2D eigenvalue weighted by Gasteiger charge is -2.11. The lowest BCUT2D eigenvalue weighted by Crippen LogP contribution is -2.36. The molecule has 136 valence electrons. The third-order valence-electron chi connectivity index (χ3n) is 3.74. The Labute approximate surface area is 144 Å². The van der Waals surface area contributed by atoms with Crippen molar-refractivity contribution < 1.29 is 17.9 Å². The summed E-state index contributed by atoms with van der Waals surface area (Å²) in [4.78, 5) is 0. The minimum absolute atomic E-state index is 0.227. The predicted molar refractivity (Wildman–Crippen MR) is 88.9 cm³/mol. The first-order valence-electron chi connectivity index (χ1n) is 8.07. The Bertz CT molecular complexity index is 543. The van der Waals surface area contributed by atoms with Crippen LogP contribution < -0.4 is 10.6 Å². The average molecular weight is 364 g/mol. The summed E-state index contributed by atoms with van der Waals surface area (Å²) in [6, 6.07) is 1.19. The summed E-state index contributed by atoms with van der Waals surface area (Å²) >= 11 is 5.13. The van der Waals surface area contributed by atoms with Gasteiger partial charge in [0.2, 0.25) is 0 Å². The summed E-state index contributed by atoms with van der Waals surface area (Å²) in [5.74, 6) is 0.227. The maximum absolute atomic E-state index is 12.8. The number of nitrogens with zero attached hydrogens (tertiary/aromatic N) is 2. The van der Waals surface area contributed by atoms with Crippen LogP contribution in [-0.4, -0.2) is 41.7 Å². The van der Waals surface area contributed by atoms with Crippen molar-refractivity contribution in [2.24, 2.45) is 0 Å². The number of methoxy groups -OCH3 is 1. The zero-order chi connectivity index (χ0) is 17.6. The van der Waals surface area contributed by atoms with Gasteiger partial charge in [-0.15, -0.1) is 0 Å². The Balaban J connectivity index is 1.74. The van der Waals surface area contributed by atoms with Crippen molar-refractivity contribution in [3.05, 3.63) is 17.5 Å². The maximum Gasteiger partial charge on any atom is 0.435 e. The minimum atomic E-state index is -4.39. The highest BCUT2D eigenvalue weighted by molar-refractivity contribution is 7.80. The first kappa shape index (κ1) is 19.0. The molecule has 1 aromatic heterocycles. The van der Waals surface area contributed by atoms with Gasteiger partial charge < -0.3 is 15.4 Å². The molecule has 1 heterocycles. The molecule has 0 aromatic carbocycles. The van der Waals surface area contributed by atoms with Gasteiger partial charge in [0, 0.05) is 45.0 Å². The van der Waals surface area contributed by atoms with E-state index < -0.39 is 11.9 Å². The molecule has 0 amide bonds. The largest absolute Gasteiger partial charge is 0.435 e. The molecule has 1 aromatic rings. The van der Waals surface area contributed by atoms with Crippen molar-refractivity contribution in [3.63, 3.8) is 0 Å². The third kappa shape index (κ3) is 5.94. The van der Waals surface area contributed by atoms with Gasteiger partial charge in [0.25, 0.3) is 0 Å². The molecule has 0 radical (unpaired) electrons. The maximum atomic E-state index is 12.8. The number of aryl methyl sites for hydroxylation is 1. The van der Waals surface area contributed by atoms with Crippen LogP contribution in [-0.2, 0) is 17.5 Å². The molecule has 1 aliphatic rings. The second-order valence-corrected chi connectivity index (χ2v) is 6.24. The molecule has 5 nitrogen and oxygen atoms in total. The molecule has 0 bridgehead atoms. The van der Waals surface area contributed by atoms with Gasteiger partial charge >= 0.3 is 6.18 Å². The van der Waals surface area contributed by atoms with Crippen molar-refractivity contribution >= 4 is 17.3 Å². The second kappa shape index (κ2) is 8.66. The monoisotopic (exact) mass is 364 g/mol. The fourth-order valence-corrected chi connectivity index (χ4v) is 2.57. The summed E-state index contributed by atoms with van der Waals surface area (Å²) in [5, 5.41) is 10.4. The van der Waals surface area contributed by atoms with Gasteiger partial charge in [0.05, 0.1) is 0 Å². The SMILES string of the molecule is COCCCNC(=S)NCCCn1nc(C(F)(F)F)cc1C1CC1. The van der Waals surface area contributed by atoms with Gasteiger partial charge in [-0.3, -0.25) is 4.68 Å². The molecular weight excluding hydrogens is 341 g/mol. The van der Waals surface area contributed by atoms with E-state index in [1.807, 2.05) is 0 Å². The van der Waals surface area contributed by atoms with E-state index in [1.165, 1.54) is 10.7 Å². The normalized spacial score (nSPS) is 14.7. The molecule has 0 aliphatic heterocycles. The zero-order valence-corrected chi connectivity index (χ0v) is 14.5. The number of aromatic nitrogens is 2. The van der Waals surface area contributed by atoms with Gasteiger partial charge in [-0.2, -0.15) is 18.3 Å². The number of ether oxygens (including phenoxy) is 1. The van der Waals surface area contributed by atoms with E-state index in [0.717, 1.165) is 25.8 Å². The van der Waals surface area contributed by atoms with E-state index in [1.54, 1.807) is 7.11 Å². The number of hydrogen-bond acceptors (Lipinski definition) is 3. The standard InChI is InChI=1S/C15H23F3N4OS/c1-23-9-3-7-20-14(24)19-6-2-8-22-12(11-4-5-11)10-13(21-22)15(16,17)18/h10-11H,2-9H2,1H3,(H2,19,20,24). The van der Waals surface area contributed by atoms with Gasteiger partial charge in [-0.1, -0.05) is 0 Å². The Morgan fingerprint density at radius 2 is 2.00 bits per heavy atom. The molecule has 1 fully saturated rings. The first-order valence-corrected chi connectivity index (χ1v) is 8.48. The Kier molecular flexibility index (Phi) is 6.85. The van der Waals surface area contributed by atoms with E-state index in [2.05, 4.69) is 15.7 Å². The fourth-order valence-electron chi connectivity index (χ4n) is 2.37. The van der Waals surface area contributed by atoms with Crippen LogP contribution in [0.3, 0.4) is 0 Å². The minimum Gasteiger partial charge on any atom is -0.385 e. The average Bonchev–Trinajstić information content (AvgIpc) is 3.27. The van der Waals surface area contributed by atoms with Crippen LogP contribution in [0.2, 0.25) is 0 Å². The van der Waals surface area contributed by atoms with Crippen molar-refractivity contribution in [1.29, 1.82) is 0 Å². The van der Waals surface area contributed by atoms with Crippen molar-refractivity contribution in [2.45, 2.75) is 44.3 Å². The van der Waals surface area contributed by atoms with Gasteiger partial charge in [0.1, 0.15) is 0 Å². The molecule has 0 saturated heterocycles. The van der Waals surface area contributed by atoms with Crippen LogP contribution in [0.25, 0.3) is 0 Å². The van der Waals surface area contributed by atoms with E-state index in [4.69, 9.17) is 17.0 Å². The van der Waals surface area contributed by atoms with Crippen molar-refractivity contribution in [2.75, 3.05) is 26.8 Å². The summed E-state index contributed by atoms with van der Waals surface area (Å²) < 4.78 is 44.9. The molecule has 24 heavy (non-hydrogen) atoms. The smallest absolute Gasteiger partial charge is 0.385 e. The van der Waals surface area contributed by atoms with Crippen LogP contribution >= 0.6 is 12.2 Å². The quantitative estimate of drug-likeness (QED) is 0.521. The summed E-state index contributed by atoms with van der Waals surface area (Å²) in [6.07, 6.45) is -0.997. The molecule has 2 N–H and O–H groups in total. The number of thiocarbonyl (C=S) groups is 1. The van der Waals surface area contributed by atoms with Gasteiger partial charge in [-0.05, 0) is 44.0 Å². The highest BCUT2D eigenvalue weighted by atomic mass is 32.1. The second-order valence-electron chi connectivity index (χ2n) is 5.83. The summed E-state index contributed by atoms with van der Waals surface area (Å²) in [7, 11) is 1.64. The lowest BCUT2D eigenvalue weighted by atomic mass is 10.2. The summed E-state index contributed by atoms with van der Waals surface area (Å²) in [5.41, 5.74) is -0.102. The highest BCUT2D eigenvalue weighted by Gasteiger charge is 2.37. The van der Waals surface area contributed by atoms with Crippen LogP contribution in [0.15, 0.2) is 6.07 Å². The molecule has 9 heteroatoms. The van der Waals surface area contributed by atoms with E-state index in [-0.39, 0.29) is 5.92 Å². The highest BCUT2D eigenvalue weighted by Crippen LogP contribution is 2.42. The molecule has 2 rings (SSSR count). The summed E-state index contributed by atoms with van der Waals surface area (Å²) in [6.45, 7) is 2.42. The van der Waals surface area contributed by atoms with Gasteiger partial charge in [0.15, 0.2) is 10.8 Å². The van der Waals surface area contributed by atoms with Gasteiger partial charge in [-0.25, -0.2) is 0 Å². The zero-order valence-electron chi connectivity index (χ0n) is 13.7. The molecule has 1 aliphatic carbocycles. The number of rotatable bonds is 9. The van der Waals surface area contributed by atoms with Crippen LogP contribution in [0.4, 0.5) is 13.2 Å².